The number of fused-ring (bicyclic) bond motifs is 1. The average molecular weight is 347 g/mol. The van der Waals surface area contributed by atoms with Crippen molar-refractivity contribution in [1.82, 2.24) is 0 Å². The molecule has 0 aromatic heterocycles. The van der Waals surface area contributed by atoms with E-state index in [0.717, 1.165) is 11.3 Å². The molecule has 0 saturated heterocycles. The summed E-state index contributed by atoms with van der Waals surface area (Å²) in [5.41, 5.74) is 4.33. The van der Waals surface area contributed by atoms with E-state index in [-0.39, 0.29) is 11.8 Å². The molecule has 0 unspecified atom stereocenters. The molecule has 1 atom stereocenters. The van der Waals surface area contributed by atoms with Gasteiger partial charge in [0.05, 0.1) is 5.69 Å². The number of hydrazone groups is 1. The van der Waals surface area contributed by atoms with Crippen molar-refractivity contribution in [2.45, 2.75) is 32.6 Å². The number of carbonyl (C=O) groups is 2. The molecule has 2 aliphatic heterocycles. The summed E-state index contributed by atoms with van der Waals surface area (Å²) in [5, 5.41) is 5.80. The SMILES string of the molecule is Cc1cccc(N2N=C(C(=O)N3C[C@H](C)c4ccccc43)CCC2=O)c1. The topological polar surface area (TPSA) is 53.0 Å². The molecule has 0 aliphatic carbocycles. The largest absolute Gasteiger partial charge is 0.306 e. The van der Waals surface area contributed by atoms with Crippen LogP contribution in [-0.4, -0.2) is 24.1 Å². The van der Waals surface area contributed by atoms with Gasteiger partial charge in [0.2, 0.25) is 5.91 Å². The Labute approximate surface area is 152 Å². The van der Waals surface area contributed by atoms with Crippen molar-refractivity contribution in [2.24, 2.45) is 5.10 Å². The average Bonchev–Trinajstić information content (AvgIpc) is 2.99. The molecular weight excluding hydrogens is 326 g/mol. The zero-order chi connectivity index (χ0) is 18.3. The van der Waals surface area contributed by atoms with Crippen molar-refractivity contribution in [2.75, 3.05) is 16.5 Å². The summed E-state index contributed by atoms with van der Waals surface area (Å²) >= 11 is 0. The van der Waals surface area contributed by atoms with E-state index >= 15 is 0 Å². The molecular formula is C21H21N3O2. The lowest BCUT2D eigenvalue weighted by Crippen LogP contribution is -2.41. The van der Waals surface area contributed by atoms with Crippen LogP contribution in [0, 0.1) is 6.92 Å². The van der Waals surface area contributed by atoms with Gasteiger partial charge in [-0.25, -0.2) is 5.01 Å². The highest BCUT2D eigenvalue weighted by Gasteiger charge is 2.34. The van der Waals surface area contributed by atoms with Crippen LogP contribution in [0.2, 0.25) is 0 Å². The molecule has 26 heavy (non-hydrogen) atoms. The third-order valence-electron chi connectivity index (χ3n) is 4.99. The van der Waals surface area contributed by atoms with Gasteiger partial charge < -0.3 is 4.90 Å². The molecule has 0 radical (unpaired) electrons. The van der Waals surface area contributed by atoms with Crippen molar-refractivity contribution >= 4 is 28.9 Å². The maximum Gasteiger partial charge on any atom is 0.274 e. The molecule has 0 bridgehead atoms. The number of amides is 2. The van der Waals surface area contributed by atoms with Gasteiger partial charge in [-0.05, 0) is 36.2 Å². The minimum atomic E-state index is -0.105. The van der Waals surface area contributed by atoms with Crippen molar-refractivity contribution < 1.29 is 9.59 Å². The summed E-state index contributed by atoms with van der Waals surface area (Å²) < 4.78 is 0. The first-order valence-corrected chi connectivity index (χ1v) is 8.92. The van der Waals surface area contributed by atoms with Gasteiger partial charge in [-0.2, -0.15) is 5.10 Å². The van der Waals surface area contributed by atoms with Gasteiger partial charge >= 0.3 is 0 Å². The summed E-state index contributed by atoms with van der Waals surface area (Å²) in [4.78, 5) is 27.3. The van der Waals surface area contributed by atoms with E-state index in [1.807, 2.05) is 49.4 Å². The van der Waals surface area contributed by atoms with Crippen LogP contribution in [0.1, 0.15) is 36.8 Å². The molecule has 0 fully saturated rings. The smallest absolute Gasteiger partial charge is 0.274 e. The minimum Gasteiger partial charge on any atom is -0.306 e. The van der Waals surface area contributed by atoms with Crippen LogP contribution in [0.15, 0.2) is 53.6 Å². The van der Waals surface area contributed by atoms with Crippen molar-refractivity contribution in [3.05, 3.63) is 59.7 Å². The summed E-state index contributed by atoms with van der Waals surface area (Å²) in [6.45, 7) is 4.74. The summed E-state index contributed by atoms with van der Waals surface area (Å²) in [6, 6.07) is 15.6. The number of hydrogen-bond donors (Lipinski definition) is 0. The summed E-state index contributed by atoms with van der Waals surface area (Å²) in [5.74, 6) is 0.114. The Morgan fingerprint density at radius 1 is 1.12 bits per heavy atom. The molecule has 4 rings (SSSR count). The summed E-state index contributed by atoms with van der Waals surface area (Å²) in [7, 11) is 0. The first kappa shape index (κ1) is 16.5. The quantitative estimate of drug-likeness (QED) is 0.833. The number of anilines is 2. The Morgan fingerprint density at radius 3 is 2.73 bits per heavy atom. The zero-order valence-corrected chi connectivity index (χ0v) is 15.0. The predicted molar refractivity (Wildman–Crippen MR) is 103 cm³/mol. The first-order chi connectivity index (χ1) is 12.5. The second kappa shape index (κ2) is 6.41. The van der Waals surface area contributed by atoms with Gasteiger partial charge in [-0.15, -0.1) is 0 Å². The number of nitrogens with zero attached hydrogens (tertiary/aromatic N) is 3. The highest BCUT2D eigenvalue weighted by molar-refractivity contribution is 6.45. The maximum absolute atomic E-state index is 13.1. The number of hydrogen-bond acceptors (Lipinski definition) is 3. The Bertz CT molecular complexity index is 919. The first-order valence-electron chi connectivity index (χ1n) is 8.92. The number of para-hydroxylation sites is 1. The molecule has 2 aliphatic rings. The fourth-order valence-electron chi connectivity index (χ4n) is 3.64. The van der Waals surface area contributed by atoms with Gasteiger partial charge in [0.25, 0.3) is 5.91 Å². The van der Waals surface area contributed by atoms with Gasteiger partial charge in [-0.3, -0.25) is 9.59 Å². The van der Waals surface area contributed by atoms with E-state index in [1.165, 1.54) is 10.6 Å². The van der Waals surface area contributed by atoms with E-state index in [0.29, 0.717) is 36.7 Å². The molecule has 5 nitrogen and oxygen atoms in total. The van der Waals surface area contributed by atoms with Crippen LogP contribution in [0.25, 0.3) is 0 Å². The van der Waals surface area contributed by atoms with Gasteiger partial charge in [-0.1, -0.05) is 37.3 Å². The number of benzene rings is 2. The monoisotopic (exact) mass is 347 g/mol. The molecule has 132 valence electrons. The van der Waals surface area contributed by atoms with Gasteiger partial charge in [0.15, 0.2) is 0 Å². The Hall–Kier alpha value is -2.95. The highest BCUT2D eigenvalue weighted by atomic mass is 16.2. The molecule has 0 N–H and O–H groups in total. The molecule has 2 aromatic rings. The predicted octanol–water partition coefficient (Wildman–Crippen LogP) is 3.63. The zero-order valence-electron chi connectivity index (χ0n) is 15.0. The Morgan fingerprint density at radius 2 is 1.92 bits per heavy atom. The van der Waals surface area contributed by atoms with Gasteiger partial charge in [0, 0.05) is 31.0 Å². The van der Waals surface area contributed by atoms with Gasteiger partial charge in [0.1, 0.15) is 5.71 Å². The lowest BCUT2D eigenvalue weighted by atomic mass is 10.0. The number of aryl methyl sites for hydroxylation is 1. The maximum atomic E-state index is 13.1. The normalized spacial score (nSPS) is 19.4. The number of carbonyl (C=O) groups excluding carboxylic acids is 2. The van der Waals surface area contributed by atoms with E-state index < -0.39 is 0 Å². The van der Waals surface area contributed by atoms with Crippen LogP contribution in [-0.2, 0) is 9.59 Å². The van der Waals surface area contributed by atoms with Crippen molar-refractivity contribution in [3.8, 4) is 0 Å². The Balaban J connectivity index is 1.66. The van der Waals surface area contributed by atoms with Crippen LogP contribution >= 0.6 is 0 Å². The van der Waals surface area contributed by atoms with Crippen LogP contribution in [0.4, 0.5) is 11.4 Å². The molecule has 5 heteroatoms. The molecule has 2 heterocycles. The standard InChI is InChI=1S/C21H21N3O2/c1-14-6-5-7-16(12-14)24-20(25)11-10-18(22-24)21(26)23-13-15(2)17-8-3-4-9-19(17)23/h3-9,12,15H,10-11,13H2,1-2H3/t15-/m0/s1. The third-order valence-corrected chi connectivity index (χ3v) is 4.99. The third kappa shape index (κ3) is 2.79. The van der Waals surface area contributed by atoms with Crippen LogP contribution in [0.5, 0.6) is 0 Å². The van der Waals surface area contributed by atoms with Crippen molar-refractivity contribution in [1.29, 1.82) is 0 Å². The lowest BCUT2D eigenvalue weighted by molar-refractivity contribution is -0.118. The number of rotatable bonds is 2. The highest BCUT2D eigenvalue weighted by Crippen LogP contribution is 2.36. The molecule has 2 aromatic carbocycles. The van der Waals surface area contributed by atoms with E-state index in [9.17, 15) is 9.59 Å². The molecule has 0 saturated carbocycles. The second-order valence-electron chi connectivity index (χ2n) is 6.97. The lowest BCUT2D eigenvalue weighted by Gasteiger charge is -2.26. The van der Waals surface area contributed by atoms with Crippen LogP contribution < -0.4 is 9.91 Å². The van der Waals surface area contributed by atoms with Crippen molar-refractivity contribution in [3.63, 3.8) is 0 Å². The Kier molecular flexibility index (Phi) is 4.07. The van der Waals surface area contributed by atoms with E-state index in [4.69, 9.17) is 0 Å². The van der Waals surface area contributed by atoms with E-state index in [1.54, 1.807) is 4.90 Å². The fourth-order valence-corrected chi connectivity index (χ4v) is 3.64. The fraction of sp³-hybridized carbons (Fsp3) is 0.286. The van der Waals surface area contributed by atoms with E-state index in [2.05, 4.69) is 18.1 Å². The minimum absolute atomic E-state index is 0.0812. The second-order valence-corrected chi connectivity index (χ2v) is 6.97. The van der Waals surface area contributed by atoms with Crippen LogP contribution in [0.3, 0.4) is 0 Å². The summed E-state index contributed by atoms with van der Waals surface area (Å²) in [6.07, 6.45) is 0.677. The molecule has 2 amide bonds. The molecule has 0 spiro atoms.